The first-order valence-corrected chi connectivity index (χ1v) is 6.92. The van der Waals surface area contributed by atoms with Crippen molar-refractivity contribution in [2.24, 2.45) is 0 Å². The second-order valence-electron chi connectivity index (χ2n) is 4.05. The Morgan fingerprint density at radius 1 is 1.25 bits per heavy atom. The molecule has 0 aliphatic rings. The fraction of sp³-hybridized carbons (Fsp3) is 0. The van der Waals surface area contributed by atoms with Gasteiger partial charge in [0.05, 0.1) is 16.2 Å². The summed E-state index contributed by atoms with van der Waals surface area (Å²) in [6.45, 7) is 0. The zero-order valence-electron chi connectivity index (χ0n) is 10.1. The largest absolute Gasteiger partial charge is 0.444 e. The van der Waals surface area contributed by atoms with Gasteiger partial charge in [-0.3, -0.25) is 9.78 Å². The summed E-state index contributed by atoms with van der Waals surface area (Å²) < 4.78 is 5.72. The van der Waals surface area contributed by atoms with Crippen LogP contribution in [0.15, 0.2) is 51.7 Å². The topological polar surface area (TPSA) is 55.1 Å². The van der Waals surface area contributed by atoms with Crippen molar-refractivity contribution in [1.82, 2.24) is 4.98 Å². The van der Waals surface area contributed by atoms with Gasteiger partial charge in [0.1, 0.15) is 0 Å². The van der Waals surface area contributed by atoms with Gasteiger partial charge in [-0.25, -0.2) is 0 Å². The van der Waals surface area contributed by atoms with Crippen LogP contribution in [0.1, 0.15) is 10.6 Å². The SMILES string of the molecule is O=C(Nc1ccnc2c(Cl)cccc12)c1ccc(Br)o1. The van der Waals surface area contributed by atoms with Crippen LogP contribution in [-0.2, 0) is 0 Å². The molecule has 6 heteroatoms. The number of anilines is 1. The van der Waals surface area contributed by atoms with Gasteiger partial charge in [0.25, 0.3) is 5.91 Å². The van der Waals surface area contributed by atoms with E-state index in [4.69, 9.17) is 16.0 Å². The number of pyridine rings is 1. The van der Waals surface area contributed by atoms with E-state index in [1.807, 2.05) is 12.1 Å². The van der Waals surface area contributed by atoms with E-state index in [2.05, 4.69) is 26.2 Å². The van der Waals surface area contributed by atoms with Crippen LogP contribution in [0.2, 0.25) is 5.02 Å². The van der Waals surface area contributed by atoms with E-state index in [9.17, 15) is 4.79 Å². The van der Waals surface area contributed by atoms with E-state index in [1.165, 1.54) is 0 Å². The molecule has 3 aromatic rings. The van der Waals surface area contributed by atoms with Gasteiger partial charge < -0.3 is 9.73 Å². The van der Waals surface area contributed by atoms with Crippen LogP contribution in [0, 0.1) is 0 Å². The van der Waals surface area contributed by atoms with Crippen molar-refractivity contribution in [3.63, 3.8) is 0 Å². The Balaban J connectivity index is 1.99. The smallest absolute Gasteiger partial charge is 0.291 e. The van der Waals surface area contributed by atoms with E-state index in [-0.39, 0.29) is 11.7 Å². The number of aromatic nitrogens is 1. The van der Waals surface area contributed by atoms with E-state index < -0.39 is 0 Å². The predicted octanol–water partition coefficient (Wildman–Crippen LogP) is 4.50. The first kappa shape index (κ1) is 13.1. The number of nitrogens with one attached hydrogen (secondary N) is 1. The highest BCUT2D eigenvalue weighted by atomic mass is 79.9. The second kappa shape index (κ2) is 5.26. The highest BCUT2D eigenvalue weighted by Crippen LogP contribution is 2.27. The minimum atomic E-state index is -0.330. The van der Waals surface area contributed by atoms with Crippen LogP contribution < -0.4 is 5.32 Å². The molecule has 0 bridgehead atoms. The molecule has 0 aliphatic heterocycles. The van der Waals surface area contributed by atoms with Crippen molar-refractivity contribution in [1.29, 1.82) is 0 Å². The third-order valence-corrected chi connectivity index (χ3v) is 3.50. The quantitative estimate of drug-likeness (QED) is 0.740. The number of hydrogen-bond acceptors (Lipinski definition) is 3. The van der Waals surface area contributed by atoms with Gasteiger partial charge in [0.15, 0.2) is 10.4 Å². The molecule has 0 saturated heterocycles. The molecule has 0 aliphatic carbocycles. The number of carbonyl (C=O) groups is 1. The molecule has 0 atom stereocenters. The minimum Gasteiger partial charge on any atom is -0.444 e. The lowest BCUT2D eigenvalue weighted by Crippen LogP contribution is -2.11. The molecule has 0 radical (unpaired) electrons. The molecule has 0 fully saturated rings. The van der Waals surface area contributed by atoms with E-state index >= 15 is 0 Å². The van der Waals surface area contributed by atoms with Crippen molar-refractivity contribution in [2.45, 2.75) is 0 Å². The van der Waals surface area contributed by atoms with Crippen molar-refractivity contribution in [3.8, 4) is 0 Å². The third kappa shape index (κ3) is 2.42. The van der Waals surface area contributed by atoms with E-state index in [1.54, 1.807) is 30.5 Å². The summed E-state index contributed by atoms with van der Waals surface area (Å²) in [6, 6.07) is 10.4. The van der Waals surface area contributed by atoms with Gasteiger partial charge >= 0.3 is 0 Å². The predicted molar refractivity (Wildman–Crippen MR) is 81.1 cm³/mol. The monoisotopic (exact) mass is 350 g/mol. The minimum absolute atomic E-state index is 0.226. The molecule has 100 valence electrons. The first-order valence-electron chi connectivity index (χ1n) is 5.75. The van der Waals surface area contributed by atoms with Crippen molar-refractivity contribution < 1.29 is 9.21 Å². The summed E-state index contributed by atoms with van der Waals surface area (Å²) in [5, 5.41) is 4.11. The van der Waals surface area contributed by atoms with Crippen molar-refractivity contribution >= 4 is 50.0 Å². The molecule has 0 saturated carbocycles. The fourth-order valence-electron chi connectivity index (χ4n) is 1.87. The Kier molecular flexibility index (Phi) is 3.46. The molecule has 2 heterocycles. The van der Waals surface area contributed by atoms with Gasteiger partial charge in [-0.15, -0.1) is 0 Å². The first-order chi connectivity index (χ1) is 9.65. The highest BCUT2D eigenvalue weighted by Gasteiger charge is 2.13. The molecule has 3 rings (SSSR count). The van der Waals surface area contributed by atoms with Gasteiger partial charge in [-0.2, -0.15) is 0 Å². The average molecular weight is 352 g/mol. The number of halogens is 2. The number of fused-ring (bicyclic) bond motifs is 1. The Labute approximate surface area is 127 Å². The van der Waals surface area contributed by atoms with Gasteiger partial charge in [0.2, 0.25) is 0 Å². The number of furan rings is 1. The van der Waals surface area contributed by atoms with Crippen LogP contribution in [0.4, 0.5) is 5.69 Å². The van der Waals surface area contributed by atoms with Crippen LogP contribution in [0.5, 0.6) is 0 Å². The summed E-state index contributed by atoms with van der Waals surface area (Å²) in [5.74, 6) is -0.105. The summed E-state index contributed by atoms with van der Waals surface area (Å²) in [5.41, 5.74) is 1.28. The number of para-hydroxylation sites is 1. The Hall–Kier alpha value is -1.85. The molecule has 0 unspecified atom stereocenters. The highest BCUT2D eigenvalue weighted by molar-refractivity contribution is 9.10. The second-order valence-corrected chi connectivity index (χ2v) is 5.24. The van der Waals surface area contributed by atoms with Crippen molar-refractivity contribution in [2.75, 3.05) is 5.32 Å². The lowest BCUT2D eigenvalue weighted by atomic mass is 10.2. The molecule has 0 spiro atoms. The fourth-order valence-corrected chi connectivity index (χ4v) is 2.40. The Bertz CT molecular complexity index is 801. The molecular weight excluding hydrogens is 344 g/mol. The maximum Gasteiger partial charge on any atom is 0.291 e. The zero-order valence-corrected chi connectivity index (χ0v) is 12.4. The molecule has 4 nitrogen and oxygen atoms in total. The van der Waals surface area contributed by atoms with Crippen LogP contribution in [0.25, 0.3) is 10.9 Å². The molecular formula is C14H8BrClN2O2. The summed E-state index contributed by atoms with van der Waals surface area (Å²) in [7, 11) is 0. The third-order valence-electron chi connectivity index (χ3n) is 2.77. The van der Waals surface area contributed by atoms with Gasteiger partial charge in [-0.1, -0.05) is 23.7 Å². The molecule has 1 N–H and O–H groups in total. The van der Waals surface area contributed by atoms with Gasteiger partial charge in [-0.05, 0) is 40.2 Å². The average Bonchev–Trinajstić information content (AvgIpc) is 2.87. The molecule has 1 aromatic carbocycles. The van der Waals surface area contributed by atoms with Crippen LogP contribution >= 0.6 is 27.5 Å². The van der Waals surface area contributed by atoms with Crippen molar-refractivity contribution in [3.05, 3.63) is 58.0 Å². The Morgan fingerprint density at radius 2 is 2.10 bits per heavy atom. The molecule has 1 amide bonds. The Morgan fingerprint density at radius 3 is 2.85 bits per heavy atom. The van der Waals surface area contributed by atoms with Crippen LogP contribution in [-0.4, -0.2) is 10.9 Å². The van der Waals surface area contributed by atoms with E-state index in [0.717, 1.165) is 5.39 Å². The number of amides is 1. The maximum atomic E-state index is 12.1. The number of benzene rings is 1. The summed E-state index contributed by atoms with van der Waals surface area (Å²) in [4.78, 5) is 16.3. The number of nitrogens with zero attached hydrogens (tertiary/aromatic N) is 1. The summed E-state index contributed by atoms with van der Waals surface area (Å²) >= 11 is 9.25. The van der Waals surface area contributed by atoms with E-state index in [0.29, 0.717) is 20.9 Å². The van der Waals surface area contributed by atoms with Crippen LogP contribution in [0.3, 0.4) is 0 Å². The lowest BCUT2D eigenvalue weighted by Gasteiger charge is -2.07. The maximum absolute atomic E-state index is 12.1. The number of carbonyl (C=O) groups excluding carboxylic acids is 1. The molecule has 20 heavy (non-hydrogen) atoms. The standard InChI is InChI=1S/C14H8BrClN2O2/c15-12-5-4-11(20-12)14(19)18-10-6-7-17-13-8(10)2-1-3-9(13)16/h1-7H,(H,17,18,19). The zero-order chi connectivity index (χ0) is 14.1. The number of hydrogen-bond donors (Lipinski definition) is 1. The normalized spacial score (nSPS) is 10.7. The van der Waals surface area contributed by atoms with Gasteiger partial charge in [0, 0.05) is 11.6 Å². The number of rotatable bonds is 2. The summed E-state index contributed by atoms with van der Waals surface area (Å²) in [6.07, 6.45) is 1.60. The molecule has 2 aromatic heterocycles. The lowest BCUT2D eigenvalue weighted by molar-refractivity contribution is 0.0995.